The molecule has 0 spiro atoms. The molecule has 186 valence electrons. The van der Waals surface area contributed by atoms with Gasteiger partial charge in [0.2, 0.25) is 5.91 Å². The van der Waals surface area contributed by atoms with Gasteiger partial charge in [0.1, 0.15) is 18.5 Å². The van der Waals surface area contributed by atoms with Crippen molar-refractivity contribution in [3.8, 4) is 5.75 Å². The molecule has 35 heavy (non-hydrogen) atoms. The van der Waals surface area contributed by atoms with Gasteiger partial charge in [-0.15, -0.1) is 11.3 Å². The van der Waals surface area contributed by atoms with E-state index in [1.165, 1.54) is 11.1 Å². The molecule has 2 atom stereocenters. The lowest BCUT2D eigenvalue weighted by Gasteiger charge is -2.35. The highest BCUT2D eigenvalue weighted by molar-refractivity contribution is 7.18. The number of aromatic nitrogens is 1. The van der Waals surface area contributed by atoms with Gasteiger partial charge in [-0.3, -0.25) is 14.6 Å². The van der Waals surface area contributed by atoms with Crippen LogP contribution in [0.25, 0.3) is 10.2 Å². The topological polar surface area (TPSA) is 77.9 Å². The SMILES string of the molecule is Cc1nc2cc(OCC(O)CN3CCN(CC(=O)NC4CCCc5ccccc54)CC3)ccc2s1. The molecule has 0 bridgehead atoms. The minimum absolute atomic E-state index is 0.0980. The molecule has 7 nitrogen and oxygen atoms in total. The molecule has 1 saturated heterocycles. The summed E-state index contributed by atoms with van der Waals surface area (Å²) in [6.07, 6.45) is 2.66. The number of nitrogens with one attached hydrogen (secondary N) is 1. The Morgan fingerprint density at radius 3 is 2.86 bits per heavy atom. The molecule has 1 aromatic heterocycles. The third-order valence-corrected chi connectivity index (χ3v) is 7.87. The van der Waals surface area contributed by atoms with Gasteiger partial charge in [0, 0.05) is 38.8 Å². The number of carbonyl (C=O) groups is 1. The van der Waals surface area contributed by atoms with Gasteiger partial charge < -0.3 is 15.2 Å². The first-order valence-corrected chi connectivity index (χ1v) is 13.3. The van der Waals surface area contributed by atoms with Crippen molar-refractivity contribution in [2.45, 2.75) is 38.3 Å². The first-order chi connectivity index (χ1) is 17.0. The molecule has 3 aromatic rings. The molecule has 1 aliphatic carbocycles. The summed E-state index contributed by atoms with van der Waals surface area (Å²) >= 11 is 1.67. The van der Waals surface area contributed by atoms with Crippen molar-refractivity contribution < 1.29 is 14.6 Å². The quantitative estimate of drug-likeness (QED) is 0.501. The molecule has 2 aromatic carbocycles. The number of amides is 1. The average molecular weight is 495 g/mol. The van der Waals surface area contributed by atoms with Crippen molar-refractivity contribution in [3.05, 3.63) is 58.6 Å². The Morgan fingerprint density at radius 1 is 1.20 bits per heavy atom. The number of ether oxygens (including phenoxy) is 1. The number of hydrogen-bond acceptors (Lipinski definition) is 7. The number of piperazine rings is 1. The van der Waals surface area contributed by atoms with Crippen molar-refractivity contribution in [1.82, 2.24) is 20.1 Å². The zero-order valence-electron chi connectivity index (χ0n) is 20.3. The van der Waals surface area contributed by atoms with Gasteiger partial charge in [0.05, 0.1) is 27.8 Å². The van der Waals surface area contributed by atoms with Crippen LogP contribution in [0, 0.1) is 6.92 Å². The second-order valence-corrected chi connectivity index (χ2v) is 10.8. The molecule has 1 amide bonds. The predicted molar refractivity (Wildman–Crippen MR) is 139 cm³/mol. The average Bonchev–Trinajstić information content (AvgIpc) is 3.23. The summed E-state index contributed by atoms with van der Waals surface area (Å²) in [5.41, 5.74) is 3.57. The minimum Gasteiger partial charge on any atom is -0.491 e. The number of nitrogens with zero attached hydrogens (tertiary/aromatic N) is 3. The molecular weight excluding hydrogens is 460 g/mol. The zero-order chi connectivity index (χ0) is 24.2. The Balaban J connectivity index is 1.03. The predicted octanol–water partition coefficient (Wildman–Crippen LogP) is 3.16. The summed E-state index contributed by atoms with van der Waals surface area (Å²) in [4.78, 5) is 21.7. The Hall–Kier alpha value is -2.52. The fraction of sp³-hybridized carbons (Fsp3) is 0.481. The van der Waals surface area contributed by atoms with Crippen LogP contribution in [0.15, 0.2) is 42.5 Å². The first-order valence-electron chi connectivity index (χ1n) is 12.5. The van der Waals surface area contributed by atoms with Gasteiger partial charge >= 0.3 is 0 Å². The number of aliphatic hydroxyl groups excluding tert-OH is 1. The Bertz CT molecular complexity index is 1160. The van der Waals surface area contributed by atoms with Crippen LogP contribution in [0.1, 0.15) is 35.0 Å². The Morgan fingerprint density at radius 2 is 2.00 bits per heavy atom. The van der Waals surface area contributed by atoms with Gasteiger partial charge in [0.25, 0.3) is 0 Å². The summed E-state index contributed by atoms with van der Waals surface area (Å²) in [6.45, 7) is 6.55. The van der Waals surface area contributed by atoms with E-state index in [1.54, 1.807) is 11.3 Å². The van der Waals surface area contributed by atoms with E-state index in [2.05, 4.69) is 44.4 Å². The summed E-state index contributed by atoms with van der Waals surface area (Å²) in [7, 11) is 0. The van der Waals surface area contributed by atoms with E-state index in [0.717, 1.165) is 66.4 Å². The Labute approximate surface area is 210 Å². The van der Waals surface area contributed by atoms with Crippen LogP contribution in [0.3, 0.4) is 0 Å². The van der Waals surface area contributed by atoms with Gasteiger partial charge in [-0.25, -0.2) is 4.98 Å². The monoisotopic (exact) mass is 494 g/mol. The highest BCUT2D eigenvalue weighted by Gasteiger charge is 2.24. The lowest BCUT2D eigenvalue weighted by Crippen LogP contribution is -2.51. The number of aliphatic hydroxyl groups is 1. The number of aryl methyl sites for hydroxylation is 2. The lowest BCUT2D eigenvalue weighted by molar-refractivity contribution is -0.123. The van der Waals surface area contributed by atoms with E-state index < -0.39 is 6.10 Å². The van der Waals surface area contributed by atoms with Crippen LogP contribution in [0.5, 0.6) is 5.75 Å². The molecule has 0 saturated carbocycles. The maximum absolute atomic E-state index is 12.7. The number of carbonyl (C=O) groups excluding carboxylic acids is 1. The van der Waals surface area contributed by atoms with Crippen LogP contribution in [0.2, 0.25) is 0 Å². The third kappa shape index (κ3) is 6.19. The van der Waals surface area contributed by atoms with Crippen LogP contribution in [-0.4, -0.2) is 77.8 Å². The van der Waals surface area contributed by atoms with Gasteiger partial charge in [-0.2, -0.15) is 0 Å². The number of β-amino-alcohol motifs (C(OH)–C–C–N with tert-alkyl or cyclic N) is 1. The van der Waals surface area contributed by atoms with Crippen molar-refractivity contribution in [3.63, 3.8) is 0 Å². The van der Waals surface area contributed by atoms with Gasteiger partial charge in [-0.1, -0.05) is 24.3 Å². The molecule has 2 aliphatic rings. The number of hydrogen-bond donors (Lipinski definition) is 2. The zero-order valence-corrected chi connectivity index (χ0v) is 21.1. The molecule has 2 heterocycles. The van der Waals surface area contributed by atoms with E-state index >= 15 is 0 Å². The van der Waals surface area contributed by atoms with Gasteiger partial charge in [0.15, 0.2) is 0 Å². The van der Waals surface area contributed by atoms with Crippen molar-refractivity contribution in [1.29, 1.82) is 0 Å². The van der Waals surface area contributed by atoms with Crippen molar-refractivity contribution in [2.24, 2.45) is 0 Å². The Kier molecular flexibility index (Phi) is 7.63. The second kappa shape index (κ2) is 11.0. The van der Waals surface area contributed by atoms with E-state index in [1.807, 2.05) is 25.1 Å². The van der Waals surface area contributed by atoms with Crippen molar-refractivity contribution >= 4 is 27.5 Å². The number of rotatable bonds is 8. The molecule has 0 radical (unpaired) electrons. The van der Waals surface area contributed by atoms with E-state index in [9.17, 15) is 9.90 Å². The smallest absolute Gasteiger partial charge is 0.234 e. The molecule has 2 N–H and O–H groups in total. The van der Waals surface area contributed by atoms with Crippen LogP contribution in [-0.2, 0) is 11.2 Å². The summed E-state index contributed by atoms with van der Waals surface area (Å²) in [5.74, 6) is 0.833. The third-order valence-electron chi connectivity index (χ3n) is 6.91. The van der Waals surface area contributed by atoms with Crippen LogP contribution >= 0.6 is 11.3 Å². The molecule has 2 unspecified atom stereocenters. The maximum Gasteiger partial charge on any atom is 0.234 e. The van der Waals surface area contributed by atoms with Crippen LogP contribution < -0.4 is 10.1 Å². The minimum atomic E-state index is -0.566. The maximum atomic E-state index is 12.7. The van der Waals surface area contributed by atoms with Gasteiger partial charge in [-0.05, 0) is 49.4 Å². The highest BCUT2D eigenvalue weighted by atomic mass is 32.1. The standard InChI is InChI=1S/C27H34N4O3S/c1-19-28-25-15-22(9-10-26(25)35-19)34-18-21(32)16-30-11-13-31(14-12-30)17-27(33)29-24-8-4-6-20-5-2-3-7-23(20)24/h2-3,5,7,9-10,15,21,24,32H,4,6,8,11-14,16-18H2,1H3,(H,29,33). The highest BCUT2D eigenvalue weighted by Crippen LogP contribution is 2.29. The van der Waals surface area contributed by atoms with E-state index in [4.69, 9.17) is 4.74 Å². The first kappa shape index (κ1) is 24.2. The summed E-state index contributed by atoms with van der Waals surface area (Å²) in [5, 5.41) is 14.8. The number of benzene rings is 2. The molecule has 8 heteroatoms. The van der Waals surface area contributed by atoms with E-state index in [0.29, 0.717) is 13.1 Å². The second-order valence-electron chi connectivity index (χ2n) is 9.62. The number of fused-ring (bicyclic) bond motifs is 2. The summed E-state index contributed by atoms with van der Waals surface area (Å²) in [6, 6.07) is 14.5. The molecule has 1 fully saturated rings. The molecule has 5 rings (SSSR count). The normalized spacial score (nSPS) is 19.9. The van der Waals surface area contributed by atoms with Crippen molar-refractivity contribution in [2.75, 3.05) is 45.9 Å². The molecule has 1 aliphatic heterocycles. The fourth-order valence-electron chi connectivity index (χ4n) is 5.13. The number of thiazole rings is 1. The fourth-order valence-corrected chi connectivity index (χ4v) is 5.94. The largest absolute Gasteiger partial charge is 0.491 e. The summed E-state index contributed by atoms with van der Waals surface area (Å²) < 4.78 is 6.97. The van der Waals surface area contributed by atoms with E-state index in [-0.39, 0.29) is 18.6 Å². The van der Waals surface area contributed by atoms with Crippen LogP contribution in [0.4, 0.5) is 0 Å². The lowest BCUT2D eigenvalue weighted by atomic mass is 9.88. The molecular formula is C27H34N4O3S.